The Hall–Kier alpha value is -1.26. The van der Waals surface area contributed by atoms with Crippen molar-refractivity contribution in [2.24, 2.45) is 16.5 Å². The summed E-state index contributed by atoms with van der Waals surface area (Å²) < 4.78 is 0. The lowest BCUT2D eigenvalue weighted by atomic mass is 10.3. The molecule has 0 aliphatic heterocycles. The molecule has 0 aromatic heterocycles. The van der Waals surface area contributed by atoms with E-state index in [1.165, 1.54) is 4.90 Å². The topological polar surface area (TPSA) is 84.7 Å². The third kappa shape index (κ3) is 4.54. The third-order valence-electron chi connectivity index (χ3n) is 1.40. The van der Waals surface area contributed by atoms with Gasteiger partial charge in [-0.15, -0.1) is 0 Å². The normalized spacial score (nSPS) is 9.17. The van der Waals surface area contributed by atoms with Gasteiger partial charge >= 0.3 is 6.03 Å². The molecule has 0 rings (SSSR count). The number of aliphatic imine (C=N–C) groups is 1. The second-order valence-electron chi connectivity index (χ2n) is 2.59. The minimum absolute atomic E-state index is 0.191. The summed E-state index contributed by atoms with van der Waals surface area (Å²) in [4.78, 5) is 15.9. The maximum atomic E-state index is 11.0. The van der Waals surface area contributed by atoms with Gasteiger partial charge in [-0.1, -0.05) is 13.3 Å². The molecule has 0 unspecified atom stereocenters. The van der Waals surface area contributed by atoms with Crippen molar-refractivity contribution in [1.29, 1.82) is 0 Å². The summed E-state index contributed by atoms with van der Waals surface area (Å²) in [6.07, 6.45) is 2.00. The van der Waals surface area contributed by atoms with E-state index >= 15 is 0 Å². The summed E-state index contributed by atoms with van der Waals surface area (Å²) in [5.74, 6) is -0.191. The largest absolute Gasteiger partial charge is 0.370 e. The van der Waals surface area contributed by atoms with Crippen LogP contribution in [0.15, 0.2) is 4.99 Å². The van der Waals surface area contributed by atoms with Crippen molar-refractivity contribution in [2.75, 3.05) is 13.6 Å². The SMILES string of the molecule is CCCCN(C)C(=O)N=C(N)N. The van der Waals surface area contributed by atoms with Gasteiger partial charge in [-0.3, -0.25) is 0 Å². The molecule has 0 atom stereocenters. The molecule has 2 amide bonds. The minimum atomic E-state index is -0.386. The van der Waals surface area contributed by atoms with Crippen LogP contribution in [0.5, 0.6) is 0 Å². The number of unbranched alkanes of at least 4 members (excludes halogenated alkanes) is 1. The van der Waals surface area contributed by atoms with Crippen LogP contribution in [-0.4, -0.2) is 30.5 Å². The van der Waals surface area contributed by atoms with E-state index in [1.54, 1.807) is 7.05 Å². The summed E-state index contributed by atoms with van der Waals surface area (Å²) in [5, 5.41) is 0. The van der Waals surface area contributed by atoms with Crippen LogP contribution >= 0.6 is 0 Å². The van der Waals surface area contributed by atoms with E-state index < -0.39 is 0 Å². The summed E-state index contributed by atoms with van der Waals surface area (Å²) in [6.45, 7) is 2.74. The maximum Gasteiger partial charge on any atom is 0.346 e. The molecule has 12 heavy (non-hydrogen) atoms. The van der Waals surface area contributed by atoms with Crippen LogP contribution in [0.2, 0.25) is 0 Å². The smallest absolute Gasteiger partial charge is 0.346 e. The number of rotatable bonds is 3. The average Bonchev–Trinajstić information content (AvgIpc) is 1.98. The van der Waals surface area contributed by atoms with Crippen molar-refractivity contribution in [2.45, 2.75) is 19.8 Å². The second kappa shape index (κ2) is 5.40. The van der Waals surface area contributed by atoms with Gasteiger partial charge in [0.25, 0.3) is 0 Å². The number of hydrogen-bond acceptors (Lipinski definition) is 1. The Kier molecular flexibility index (Phi) is 4.83. The zero-order valence-electron chi connectivity index (χ0n) is 7.58. The highest BCUT2D eigenvalue weighted by Gasteiger charge is 2.05. The van der Waals surface area contributed by atoms with Crippen LogP contribution < -0.4 is 11.5 Å². The Balaban J connectivity index is 3.85. The number of nitrogens with zero attached hydrogens (tertiary/aromatic N) is 2. The number of amides is 2. The Labute approximate surface area is 72.4 Å². The molecule has 0 spiro atoms. The molecule has 5 heteroatoms. The highest BCUT2D eigenvalue weighted by molar-refractivity contribution is 5.90. The van der Waals surface area contributed by atoms with Gasteiger partial charge in [0.2, 0.25) is 0 Å². The van der Waals surface area contributed by atoms with Crippen molar-refractivity contribution >= 4 is 12.0 Å². The lowest BCUT2D eigenvalue weighted by Crippen LogP contribution is -2.30. The molecule has 70 valence electrons. The van der Waals surface area contributed by atoms with Crippen molar-refractivity contribution < 1.29 is 4.79 Å². The fourth-order valence-corrected chi connectivity index (χ4v) is 0.687. The van der Waals surface area contributed by atoms with Crippen molar-refractivity contribution in [1.82, 2.24) is 4.90 Å². The second-order valence-corrected chi connectivity index (χ2v) is 2.59. The molecule has 0 fully saturated rings. The number of hydrogen-bond donors (Lipinski definition) is 2. The highest BCUT2D eigenvalue weighted by Crippen LogP contribution is 1.93. The van der Waals surface area contributed by atoms with Crippen LogP contribution in [0, 0.1) is 0 Å². The number of guanidine groups is 1. The molecular formula is C7H16N4O. The molecule has 0 heterocycles. The monoisotopic (exact) mass is 172 g/mol. The van der Waals surface area contributed by atoms with E-state index in [1.807, 2.05) is 0 Å². The lowest BCUT2D eigenvalue weighted by Gasteiger charge is -2.12. The van der Waals surface area contributed by atoms with Gasteiger partial charge in [-0.25, -0.2) is 4.79 Å². The van der Waals surface area contributed by atoms with Crippen LogP contribution in [0.4, 0.5) is 4.79 Å². The van der Waals surface area contributed by atoms with E-state index in [0.29, 0.717) is 6.54 Å². The molecular weight excluding hydrogens is 156 g/mol. The standard InChI is InChI=1S/C7H16N4O/c1-3-4-5-11(2)7(12)10-6(8)9/h3-5H2,1-2H3,(H4,8,9,10,12). The predicted octanol–water partition coefficient (Wildman–Crippen LogP) is 0.112. The first-order valence-electron chi connectivity index (χ1n) is 3.92. The lowest BCUT2D eigenvalue weighted by molar-refractivity contribution is 0.218. The number of carbonyl (C=O) groups is 1. The molecule has 0 aliphatic carbocycles. The van der Waals surface area contributed by atoms with Crippen LogP contribution in [0.1, 0.15) is 19.8 Å². The fraction of sp³-hybridized carbons (Fsp3) is 0.714. The molecule has 5 nitrogen and oxygen atoms in total. The Morgan fingerprint density at radius 3 is 2.50 bits per heavy atom. The van der Waals surface area contributed by atoms with Crippen LogP contribution in [0.3, 0.4) is 0 Å². The van der Waals surface area contributed by atoms with Crippen LogP contribution in [0.25, 0.3) is 0 Å². The summed E-state index contributed by atoms with van der Waals surface area (Å²) in [6, 6.07) is -0.386. The zero-order valence-corrected chi connectivity index (χ0v) is 7.58. The first kappa shape index (κ1) is 10.7. The maximum absolute atomic E-state index is 11.0. The molecule has 0 aliphatic rings. The molecule has 4 N–H and O–H groups in total. The van der Waals surface area contributed by atoms with Crippen molar-refractivity contribution in [3.63, 3.8) is 0 Å². The first-order valence-corrected chi connectivity index (χ1v) is 3.92. The van der Waals surface area contributed by atoms with Gasteiger partial charge < -0.3 is 16.4 Å². The third-order valence-corrected chi connectivity index (χ3v) is 1.40. The molecule has 0 saturated heterocycles. The first-order chi connectivity index (χ1) is 5.57. The summed E-state index contributed by atoms with van der Waals surface area (Å²) in [7, 11) is 1.67. The average molecular weight is 172 g/mol. The van der Waals surface area contributed by atoms with Gasteiger partial charge in [-0.2, -0.15) is 4.99 Å². The number of carbonyl (C=O) groups excluding carboxylic acids is 1. The van der Waals surface area contributed by atoms with E-state index in [4.69, 9.17) is 11.5 Å². The van der Waals surface area contributed by atoms with Crippen LogP contribution in [-0.2, 0) is 0 Å². The van der Waals surface area contributed by atoms with E-state index in [-0.39, 0.29) is 12.0 Å². The Morgan fingerprint density at radius 1 is 1.50 bits per heavy atom. The predicted molar refractivity (Wildman–Crippen MR) is 48.7 cm³/mol. The molecule has 0 aromatic carbocycles. The summed E-state index contributed by atoms with van der Waals surface area (Å²) in [5.41, 5.74) is 10.1. The van der Waals surface area contributed by atoms with E-state index in [9.17, 15) is 4.79 Å². The minimum Gasteiger partial charge on any atom is -0.370 e. The zero-order chi connectivity index (χ0) is 9.56. The Bertz CT molecular complexity index is 174. The van der Waals surface area contributed by atoms with Crippen molar-refractivity contribution in [3.05, 3.63) is 0 Å². The molecule has 0 radical (unpaired) electrons. The molecule has 0 bridgehead atoms. The van der Waals surface area contributed by atoms with E-state index in [2.05, 4.69) is 11.9 Å². The number of urea groups is 1. The quantitative estimate of drug-likeness (QED) is 0.468. The Morgan fingerprint density at radius 2 is 2.08 bits per heavy atom. The van der Waals surface area contributed by atoms with Gasteiger partial charge in [0.05, 0.1) is 0 Å². The van der Waals surface area contributed by atoms with Gasteiger partial charge in [-0.05, 0) is 6.42 Å². The molecule has 0 saturated carbocycles. The number of nitrogens with two attached hydrogens (primary N) is 2. The van der Waals surface area contributed by atoms with Gasteiger partial charge in [0.1, 0.15) is 0 Å². The van der Waals surface area contributed by atoms with Gasteiger partial charge in [0, 0.05) is 13.6 Å². The van der Waals surface area contributed by atoms with E-state index in [0.717, 1.165) is 12.8 Å². The van der Waals surface area contributed by atoms with Crippen molar-refractivity contribution in [3.8, 4) is 0 Å². The summed E-state index contributed by atoms with van der Waals surface area (Å²) >= 11 is 0. The highest BCUT2D eigenvalue weighted by atomic mass is 16.2. The fourth-order valence-electron chi connectivity index (χ4n) is 0.687. The molecule has 0 aromatic rings. The van der Waals surface area contributed by atoms with Gasteiger partial charge in [0.15, 0.2) is 5.96 Å².